The average molecular weight is 124 g/mol. The van der Waals surface area contributed by atoms with E-state index in [1.165, 1.54) is 0 Å². The number of ether oxygens (including phenoxy) is 1. The van der Waals surface area contributed by atoms with Crippen LogP contribution in [-0.2, 0) is 4.74 Å². The molecular weight excluding hydrogens is 112 g/mol. The Balaban J connectivity index is 3.23. The number of rotatable bonds is 3. The van der Waals surface area contributed by atoms with Gasteiger partial charge in [0, 0.05) is 0 Å². The highest BCUT2D eigenvalue weighted by Gasteiger charge is 1.89. The molecule has 0 rings (SSSR count). The second-order valence-corrected chi connectivity index (χ2v) is 1.68. The van der Waals surface area contributed by atoms with Crippen LogP contribution in [-0.4, -0.2) is 12.7 Å². The molecule has 0 radical (unpaired) electrons. The van der Waals surface area contributed by atoms with E-state index in [-0.39, 0.29) is 6.10 Å². The van der Waals surface area contributed by atoms with E-state index in [9.17, 15) is 0 Å². The minimum Gasteiger partial charge on any atom is -0.362 e. The Morgan fingerprint density at radius 3 is 2.89 bits per heavy atom. The smallest absolute Gasteiger partial charge is 0.108 e. The lowest BCUT2D eigenvalue weighted by Gasteiger charge is -2.02. The van der Waals surface area contributed by atoms with Crippen LogP contribution in [0.4, 0.5) is 0 Å². The van der Waals surface area contributed by atoms with Crippen molar-refractivity contribution >= 4 is 0 Å². The zero-order chi connectivity index (χ0) is 7.11. The third-order valence-corrected chi connectivity index (χ3v) is 0.927. The van der Waals surface area contributed by atoms with Crippen molar-refractivity contribution in [3.05, 3.63) is 12.7 Å². The fourth-order valence-electron chi connectivity index (χ4n) is 0.313. The Kier molecular flexibility index (Phi) is 4.95. The van der Waals surface area contributed by atoms with Gasteiger partial charge in [0.1, 0.15) is 6.61 Å². The van der Waals surface area contributed by atoms with Crippen LogP contribution in [0, 0.1) is 11.8 Å². The van der Waals surface area contributed by atoms with Crippen molar-refractivity contribution < 1.29 is 4.74 Å². The van der Waals surface area contributed by atoms with Gasteiger partial charge in [0.2, 0.25) is 0 Å². The molecule has 0 saturated heterocycles. The fraction of sp³-hybridized carbons (Fsp3) is 0.500. The molecule has 0 aliphatic carbocycles. The Hall–Kier alpha value is -0.740. The average Bonchev–Trinajstić information content (AvgIpc) is 1.89. The van der Waals surface area contributed by atoms with Crippen LogP contribution in [0.5, 0.6) is 0 Å². The van der Waals surface area contributed by atoms with E-state index >= 15 is 0 Å². The third-order valence-electron chi connectivity index (χ3n) is 0.927. The van der Waals surface area contributed by atoms with Crippen LogP contribution in [0.15, 0.2) is 12.7 Å². The molecular formula is C8H12O. The standard InChI is InChI=1S/C8H12O/c1-4-6-7-9-8(3)5-2/h5,8H,2,7H2,1,3H3/t8-/m1/s1. The summed E-state index contributed by atoms with van der Waals surface area (Å²) in [6.07, 6.45) is 1.86. The molecule has 0 aromatic heterocycles. The lowest BCUT2D eigenvalue weighted by Crippen LogP contribution is -2.03. The summed E-state index contributed by atoms with van der Waals surface area (Å²) < 4.78 is 5.14. The number of hydrogen-bond donors (Lipinski definition) is 0. The molecule has 0 aromatic rings. The molecule has 9 heavy (non-hydrogen) atoms. The minimum atomic E-state index is 0.117. The summed E-state index contributed by atoms with van der Waals surface area (Å²) in [4.78, 5) is 0. The highest BCUT2D eigenvalue weighted by molar-refractivity contribution is 4.95. The van der Waals surface area contributed by atoms with Crippen molar-refractivity contribution in [2.45, 2.75) is 20.0 Å². The van der Waals surface area contributed by atoms with Gasteiger partial charge < -0.3 is 4.74 Å². The van der Waals surface area contributed by atoms with Crippen LogP contribution in [0.2, 0.25) is 0 Å². The molecule has 0 amide bonds. The van der Waals surface area contributed by atoms with Crippen LogP contribution in [0.3, 0.4) is 0 Å². The fourth-order valence-corrected chi connectivity index (χ4v) is 0.313. The van der Waals surface area contributed by atoms with Gasteiger partial charge in [0.15, 0.2) is 0 Å². The van der Waals surface area contributed by atoms with Gasteiger partial charge in [-0.05, 0) is 13.8 Å². The van der Waals surface area contributed by atoms with Gasteiger partial charge in [-0.3, -0.25) is 0 Å². The Morgan fingerprint density at radius 1 is 1.78 bits per heavy atom. The van der Waals surface area contributed by atoms with E-state index < -0.39 is 0 Å². The van der Waals surface area contributed by atoms with Crippen molar-refractivity contribution in [2.75, 3.05) is 6.61 Å². The normalized spacial score (nSPS) is 11.3. The third kappa shape index (κ3) is 5.13. The van der Waals surface area contributed by atoms with Crippen molar-refractivity contribution in [2.24, 2.45) is 0 Å². The molecule has 0 bridgehead atoms. The zero-order valence-electron chi connectivity index (χ0n) is 5.98. The molecule has 0 fully saturated rings. The molecule has 50 valence electrons. The predicted molar refractivity (Wildman–Crippen MR) is 39.1 cm³/mol. The highest BCUT2D eigenvalue weighted by Crippen LogP contribution is 1.88. The Labute approximate surface area is 56.7 Å². The summed E-state index contributed by atoms with van der Waals surface area (Å²) >= 11 is 0. The molecule has 0 N–H and O–H groups in total. The van der Waals surface area contributed by atoms with Gasteiger partial charge in [-0.1, -0.05) is 12.0 Å². The summed E-state index contributed by atoms with van der Waals surface area (Å²) in [6.45, 7) is 7.80. The first kappa shape index (κ1) is 8.26. The van der Waals surface area contributed by atoms with Gasteiger partial charge in [-0.2, -0.15) is 0 Å². The predicted octanol–water partition coefficient (Wildman–Crippen LogP) is 1.60. The molecule has 1 nitrogen and oxygen atoms in total. The summed E-state index contributed by atoms with van der Waals surface area (Å²) in [6, 6.07) is 0. The van der Waals surface area contributed by atoms with Gasteiger partial charge in [0.25, 0.3) is 0 Å². The quantitative estimate of drug-likeness (QED) is 0.410. The maximum Gasteiger partial charge on any atom is 0.108 e. The summed E-state index contributed by atoms with van der Waals surface area (Å²) in [5.41, 5.74) is 0. The highest BCUT2D eigenvalue weighted by atomic mass is 16.5. The van der Waals surface area contributed by atoms with Crippen molar-refractivity contribution in [1.29, 1.82) is 0 Å². The second-order valence-electron chi connectivity index (χ2n) is 1.68. The van der Waals surface area contributed by atoms with Crippen LogP contribution >= 0.6 is 0 Å². The maximum absolute atomic E-state index is 5.14. The first-order valence-corrected chi connectivity index (χ1v) is 2.95. The van der Waals surface area contributed by atoms with E-state index in [4.69, 9.17) is 4.74 Å². The first-order chi connectivity index (χ1) is 4.31. The van der Waals surface area contributed by atoms with Crippen molar-refractivity contribution in [3.63, 3.8) is 0 Å². The molecule has 0 unspecified atom stereocenters. The van der Waals surface area contributed by atoms with Gasteiger partial charge in [0.05, 0.1) is 6.10 Å². The lowest BCUT2D eigenvalue weighted by atomic mass is 10.4. The molecule has 0 aliphatic rings. The van der Waals surface area contributed by atoms with E-state index in [2.05, 4.69) is 18.4 Å². The second kappa shape index (κ2) is 5.40. The minimum absolute atomic E-state index is 0.117. The zero-order valence-corrected chi connectivity index (χ0v) is 5.98. The molecule has 1 atom stereocenters. The van der Waals surface area contributed by atoms with Crippen molar-refractivity contribution in [1.82, 2.24) is 0 Å². The van der Waals surface area contributed by atoms with Crippen molar-refractivity contribution in [3.8, 4) is 11.8 Å². The topological polar surface area (TPSA) is 9.23 Å². The molecule has 0 spiro atoms. The van der Waals surface area contributed by atoms with Gasteiger partial charge in [-0.25, -0.2) is 0 Å². The molecule has 0 aliphatic heterocycles. The largest absolute Gasteiger partial charge is 0.362 e. The van der Waals surface area contributed by atoms with Crippen LogP contribution in [0.25, 0.3) is 0 Å². The van der Waals surface area contributed by atoms with Gasteiger partial charge in [-0.15, -0.1) is 12.5 Å². The maximum atomic E-state index is 5.14. The van der Waals surface area contributed by atoms with E-state index in [0.717, 1.165) is 0 Å². The molecule has 1 heteroatoms. The monoisotopic (exact) mass is 124 g/mol. The molecule has 0 heterocycles. The van der Waals surface area contributed by atoms with E-state index in [1.807, 2.05) is 6.92 Å². The Bertz CT molecular complexity index is 127. The van der Waals surface area contributed by atoms with E-state index in [1.54, 1.807) is 13.0 Å². The number of hydrogen-bond acceptors (Lipinski definition) is 1. The van der Waals surface area contributed by atoms with Gasteiger partial charge >= 0.3 is 0 Å². The first-order valence-electron chi connectivity index (χ1n) is 2.95. The molecule has 0 saturated carbocycles. The van der Waals surface area contributed by atoms with E-state index in [0.29, 0.717) is 6.61 Å². The Morgan fingerprint density at radius 2 is 2.44 bits per heavy atom. The van der Waals surface area contributed by atoms with Crippen LogP contribution in [0.1, 0.15) is 13.8 Å². The summed E-state index contributed by atoms with van der Waals surface area (Å²) in [5, 5.41) is 0. The molecule has 0 aromatic carbocycles. The summed E-state index contributed by atoms with van der Waals surface area (Å²) in [5.74, 6) is 5.53. The lowest BCUT2D eigenvalue weighted by molar-refractivity contribution is 0.127. The summed E-state index contributed by atoms with van der Waals surface area (Å²) in [7, 11) is 0. The SMILES string of the molecule is C=C[C@@H](C)OCC#CC. The van der Waals surface area contributed by atoms with Crippen LogP contribution < -0.4 is 0 Å².